The van der Waals surface area contributed by atoms with Gasteiger partial charge in [0.1, 0.15) is 39.9 Å². The lowest BCUT2D eigenvalue weighted by molar-refractivity contribution is -0.117. The molecule has 0 aliphatic heterocycles. The minimum Gasteiger partial charge on any atom is -0.494 e. The first-order valence-corrected chi connectivity index (χ1v) is 14.9. The minimum atomic E-state index is -1.73. The average molecular weight is 690 g/mol. The predicted molar refractivity (Wildman–Crippen MR) is 164 cm³/mol. The van der Waals surface area contributed by atoms with E-state index in [2.05, 4.69) is 31.2 Å². The zero-order valence-electron chi connectivity index (χ0n) is 23.7. The van der Waals surface area contributed by atoms with Crippen LogP contribution in [0.2, 0.25) is 5.02 Å². The van der Waals surface area contributed by atoms with Crippen molar-refractivity contribution in [3.8, 4) is 22.8 Å². The van der Waals surface area contributed by atoms with Crippen LogP contribution in [0.15, 0.2) is 47.1 Å². The van der Waals surface area contributed by atoms with Crippen LogP contribution in [-0.4, -0.2) is 47.2 Å². The van der Waals surface area contributed by atoms with Crippen molar-refractivity contribution in [3.05, 3.63) is 80.5 Å². The lowest BCUT2D eigenvalue weighted by atomic mass is 9.90. The van der Waals surface area contributed by atoms with Gasteiger partial charge in [-0.3, -0.25) is 14.6 Å². The third-order valence-corrected chi connectivity index (χ3v) is 8.10. The number of carbonyl (C=O) groups is 2. The van der Waals surface area contributed by atoms with Crippen LogP contribution in [-0.2, 0) is 16.8 Å². The maximum Gasteiger partial charge on any atom is 0.251 e. The van der Waals surface area contributed by atoms with E-state index in [1.165, 1.54) is 13.2 Å². The molecule has 0 bridgehead atoms. The van der Waals surface area contributed by atoms with Gasteiger partial charge >= 0.3 is 0 Å². The Kier molecular flexibility index (Phi) is 9.05. The molecule has 2 heterocycles. The fraction of sp³-hybridized carbons (Fsp3) is 0.290. The highest BCUT2D eigenvalue weighted by atomic mass is 79.9. The van der Waals surface area contributed by atoms with Gasteiger partial charge in [-0.1, -0.05) is 11.6 Å². The summed E-state index contributed by atoms with van der Waals surface area (Å²) in [5.41, 5.74) is 4.64. The van der Waals surface area contributed by atoms with Gasteiger partial charge in [0.25, 0.3) is 5.91 Å². The number of methoxy groups -OCH3 is 1. The van der Waals surface area contributed by atoms with E-state index in [-0.39, 0.29) is 64.3 Å². The molecule has 1 fully saturated rings. The Bertz CT molecular complexity index is 1790. The highest BCUT2D eigenvalue weighted by molar-refractivity contribution is 9.10. The number of nitrogens with one attached hydrogen (secondary N) is 1. The van der Waals surface area contributed by atoms with E-state index in [0.29, 0.717) is 35.6 Å². The van der Waals surface area contributed by atoms with Crippen molar-refractivity contribution < 1.29 is 33.0 Å². The van der Waals surface area contributed by atoms with Gasteiger partial charge < -0.3 is 25.6 Å². The number of nitrogens with zero attached hydrogens (tertiary/aromatic N) is 2. The molecule has 0 spiro atoms. The van der Waals surface area contributed by atoms with Gasteiger partial charge in [-0.2, -0.15) is 0 Å². The normalized spacial score (nSPS) is 14.2. The van der Waals surface area contributed by atoms with Gasteiger partial charge in [0.2, 0.25) is 5.91 Å². The Morgan fingerprint density at radius 3 is 2.59 bits per heavy atom. The third kappa shape index (κ3) is 6.33. The first-order chi connectivity index (χ1) is 20.9. The second kappa shape index (κ2) is 12.6. The molecule has 1 saturated carbocycles. The number of halogens is 4. The van der Waals surface area contributed by atoms with E-state index < -0.39 is 29.0 Å². The van der Waals surface area contributed by atoms with E-state index in [1.807, 2.05) is 0 Å². The number of hydrogen-bond acceptors (Lipinski definition) is 7. The molecule has 0 unspecified atom stereocenters. The molecular weight excluding hydrogens is 662 g/mol. The molecule has 1 atom stereocenters. The number of fused-ring (bicyclic) bond motifs is 1. The van der Waals surface area contributed by atoms with E-state index in [4.69, 9.17) is 26.8 Å². The van der Waals surface area contributed by atoms with E-state index >= 15 is 4.39 Å². The van der Waals surface area contributed by atoms with Gasteiger partial charge in [-0.15, -0.1) is 0 Å². The molecular formula is C31H28BrClF2N4O5. The number of carbonyl (C=O) groups excluding carboxylic acids is 2. The molecule has 1 aliphatic rings. The third-order valence-electron chi connectivity index (χ3n) is 7.38. The Hall–Kier alpha value is -3.87. The molecule has 4 aromatic rings. The number of rotatable bonds is 11. The summed E-state index contributed by atoms with van der Waals surface area (Å²) in [7, 11) is 1.47. The predicted octanol–water partition coefficient (Wildman–Crippen LogP) is 5.45. The maximum absolute atomic E-state index is 15.1. The van der Waals surface area contributed by atoms with Gasteiger partial charge in [0, 0.05) is 38.8 Å². The van der Waals surface area contributed by atoms with Gasteiger partial charge in [-0.05, 0) is 71.9 Å². The number of primary amides is 1. The number of amides is 2. The van der Waals surface area contributed by atoms with Crippen molar-refractivity contribution >= 4 is 50.2 Å². The number of ether oxygens (including phenoxy) is 2. The molecule has 5 rings (SSSR count). The van der Waals surface area contributed by atoms with Gasteiger partial charge in [0.05, 0.1) is 37.4 Å². The minimum absolute atomic E-state index is 0.0434. The lowest BCUT2D eigenvalue weighted by Gasteiger charge is -2.30. The number of nitrogens with two attached hydrogens (primary N) is 1. The van der Waals surface area contributed by atoms with Gasteiger partial charge in [-0.25, -0.2) is 13.8 Å². The van der Waals surface area contributed by atoms with Crippen molar-refractivity contribution in [1.29, 1.82) is 0 Å². The number of hydrogen-bond donors (Lipinski definition) is 3. The quantitative estimate of drug-likeness (QED) is 0.178. The Labute approximate surface area is 264 Å². The van der Waals surface area contributed by atoms with Crippen LogP contribution < -0.4 is 20.5 Å². The molecule has 2 aromatic carbocycles. The van der Waals surface area contributed by atoms with Crippen LogP contribution in [0.5, 0.6) is 11.5 Å². The number of benzene rings is 2. The monoisotopic (exact) mass is 688 g/mol. The van der Waals surface area contributed by atoms with Crippen LogP contribution in [0.3, 0.4) is 0 Å². The van der Waals surface area contributed by atoms with Gasteiger partial charge in [0.15, 0.2) is 0 Å². The topological polar surface area (TPSA) is 137 Å². The Balaban J connectivity index is 1.57. The molecule has 0 radical (unpaired) electrons. The highest BCUT2D eigenvalue weighted by Gasteiger charge is 2.47. The summed E-state index contributed by atoms with van der Waals surface area (Å²) in [4.78, 5) is 34.4. The molecule has 9 nitrogen and oxygen atoms in total. The number of pyridine rings is 2. The summed E-state index contributed by atoms with van der Waals surface area (Å²) >= 11 is 9.38. The van der Waals surface area contributed by atoms with E-state index in [0.717, 1.165) is 10.5 Å². The van der Waals surface area contributed by atoms with Crippen molar-refractivity contribution in [2.24, 2.45) is 11.7 Å². The summed E-state index contributed by atoms with van der Waals surface area (Å²) in [5.74, 6) is -3.02. The maximum atomic E-state index is 15.1. The molecule has 2 aromatic heterocycles. The smallest absolute Gasteiger partial charge is 0.251 e. The van der Waals surface area contributed by atoms with E-state index in [9.17, 15) is 19.1 Å². The average Bonchev–Trinajstić information content (AvgIpc) is 3.84. The SMILES string of the molecule is CCOc1c(CC(N)=O)cc([C@@](O)(CNC(=O)c2cc(OC)c3ncc(Br)cc3c2)C2CC2)nc1-c1cc(Cl)c(F)cc1F. The summed E-state index contributed by atoms with van der Waals surface area (Å²) in [5, 5.41) is 15.2. The summed E-state index contributed by atoms with van der Waals surface area (Å²) in [6, 6.07) is 8.15. The zero-order valence-corrected chi connectivity index (χ0v) is 26.1. The fourth-order valence-corrected chi connectivity index (χ4v) is 5.63. The van der Waals surface area contributed by atoms with Crippen molar-refractivity contribution in [3.63, 3.8) is 0 Å². The van der Waals surface area contributed by atoms with Crippen LogP contribution in [0.4, 0.5) is 8.78 Å². The van der Waals surface area contributed by atoms with Crippen LogP contribution >= 0.6 is 27.5 Å². The first-order valence-electron chi connectivity index (χ1n) is 13.7. The number of aliphatic hydroxyl groups is 1. The standard InChI is InChI=1S/C31H28BrClF2N4O5/c1-3-44-29-16(10-26(36)40)9-25(39-28(29)20-11-21(33)23(35)12-22(20)34)31(42,18-4-5-18)14-38-30(41)17-6-15-7-19(32)13-37-27(15)24(8-17)43-2/h6-9,11-13,18,42H,3-5,10,14H2,1-2H3,(H2,36,40)(H,38,41)/t31-/m1/s1. The Morgan fingerprint density at radius 1 is 1.18 bits per heavy atom. The Morgan fingerprint density at radius 2 is 1.93 bits per heavy atom. The second-order valence-electron chi connectivity index (χ2n) is 10.5. The lowest BCUT2D eigenvalue weighted by Crippen LogP contribution is -2.43. The van der Waals surface area contributed by atoms with Crippen molar-refractivity contribution in [1.82, 2.24) is 15.3 Å². The van der Waals surface area contributed by atoms with Crippen molar-refractivity contribution in [2.45, 2.75) is 31.8 Å². The zero-order chi connectivity index (χ0) is 31.8. The number of aromatic nitrogens is 2. The van der Waals surface area contributed by atoms with Crippen molar-refractivity contribution in [2.75, 3.05) is 20.3 Å². The molecule has 44 heavy (non-hydrogen) atoms. The summed E-state index contributed by atoms with van der Waals surface area (Å²) < 4.78 is 41.1. The first kappa shape index (κ1) is 31.6. The molecule has 230 valence electrons. The molecule has 1 aliphatic carbocycles. The molecule has 0 saturated heterocycles. The fourth-order valence-electron chi connectivity index (χ4n) is 5.12. The summed E-state index contributed by atoms with van der Waals surface area (Å²) in [6.07, 6.45) is 2.56. The molecule has 4 N–H and O–H groups in total. The van der Waals surface area contributed by atoms with E-state index in [1.54, 1.807) is 31.3 Å². The second-order valence-corrected chi connectivity index (χ2v) is 11.8. The summed E-state index contributed by atoms with van der Waals surface area (Å²) in [6.45, 7) is 1.55. The van der Waals surface area contributed by atoms with Crippen LogP contribution in [0, 0.1) is 17.6 Å². The van der Waals surface area contributed by atoms with Crippen LogP contribution in [0.1, 0.15) is 41.4 Å². The largest absolute Gasteiger partial charge is 0.494 e. The van der Waals surface area contributed by atoms with Crippen LogP contribution in [0.25, 0.3) is 22.2 Å². The molecule has 13 heteroatoms. The highest BCUT2D eigenvalue weighted by Crippen LogP contribution is 2.47. The molecule has 2 amide bonds.